The Morgan fingerprint density at radius 3 is 2.86 bits per heavy atom. The number of likely N-dealkylation sites (tertiary alicyclic amines) is 1. The summed E-state index contributed by atoms with van der Waals surface area (Å²) in [6.07, 6.45) is 4.67. The molecule has 0 radical (unpaired) electrons. The first-order valence-corrected chi connectivity index (χ1v) is 6.80. The molecule has 108 valence electrons. The van der Waals surface area contributed by atoms with Crippen molar-refractivity contribution in [2.24, 2.45) is 5.92 Å². The van der Waals surface area contributed by atoms with Gasteiger partial charge in [-0.25, -0.2) is 18.7 Å². The molecule has 0 aromatic carbocycles. The van der Waals surface area contributed by atoms with Crippen LogP contribution in [0, 0.1) is 5.92 Å². The van der Waals surface area contributed by atoms with Gasteiger partial charge in [0.2, 0.25) is 0 Å². The number of hydrogen-bond acceptors (Lipinski definition) is 4. The molecule has 2 unspecified atom stereocenters. The Kier molecular flexibility index (Phi) is 2.49. The summed E-state index contributed by atoms with van der Waals surface area (Å²) in [5.41, 5.74) is 1.20. The summed E-state index contributed by atoms with van der Waals surface area (Å²) in [5, 5.41) is 0. The largest absolute Gasteiger partial charge is 0.329 e. The lowest BCUT2D eigenvalue weighted by Gasteiger charge is -2.32. The molecule has 1 saturated carbocycles. The molecule has 2 aliphatic rings. The van der Waals surface area contributed by atoms with E-state index in [9.17, 15) is 13.6 Å². The predicted molar refractivity (Wildman–Crippen MR) is 69.8 cm³/mol. The minimum atomic E-state index is -2.78. The third kappa shape index (κ3) is 1.87. The van der Waals surface area contributed by atoms with Crippen LogP contribution in [0.4, 0.5) is 8.78 Å². The lowest BCUT2D eigenvalue weighted by molar-refractivity contribution is -0.0678. The van der Waals surface area contributed by atoms with Crippen LogP contribution in [0.5, 0.6) is 0 Å². The zero-order valence-corrected chi connectivity index (χ0v) is 11.0. The molecule has 7 heteroatoms. The summed E-state index contributed by atoms with van der Waals surface area (Å²) in [5.74, 6) is -3.27. The van der Waals surface area contributed by atoms with Crippen LogP contribution in [0.25, 0.3) is 11.2 Å². The lowest BCUT2D eigenvalue weighted by Crippen LogP contribution is -2.48. The molecule has 1 amide bonds. The summed E-state index contributed by atoms with van der Waals surface area (Å²) in [6, 6.07) is 0.578. The van der Waals surface area contributed by atoms with Crippen LogP contribution in [-0.2, 0) is 0 Å². The number of nitrogens with zero attached hydrogens (tertiary/aromatic N) is 4. The van der Waals surface area contributed by atoms with Gasteiger partial charge in [0.1, 0.15) is 5.52 Å². The van der Waals surface area contributed by atoms with Crippen molar-refractivity contribution in [3.05, 3.63) is 30.2 Å². The Labute approximate surface area is 119 Å². The van der Waals surface area contributed by atoms with Gasteiger partial charge in [-0.2, -0.15) is 0 Å². The van der Waals surface area contributed by atoms with Crippen molar-refractivity contribution in [2.45, 2.75) is 24.8 Å². The van der Waals surface area contributed by atoms with Crippen LogP contribution in [0.15, 0.2) is 24.7 Å². The Morgan fingerprint density at radius 1 is 1.29 bits per heavy atom. The van der Waals surface area contributed by atoms with Crippen LogP contribution in [0.2, 0.25) is 0 Å². The molecule has 3 heterocycles. The van der Waals surface area contributed by atoms with Crippen LogP contribution < -0.4 is 0 Å². The van der Waals surface area contributed by atoms with Crippen molar-refractivity contribution in [1.29, 1.82) is 0 Å². The van der Waals surface area contributed by atoms with Gasteiger partial charge in [0, 0.05) is 31.6 Å². The summed E-state index contributed by atoms with van der Waals surface area (Å²) < 4.78 is 27.6. The van der Waals surface area contributed by atoms with Crippen molar-refractivity contribution in [3.63, 3.8) is 0 Å². The van der Waals surface area contributed by atoms with Crippen molar-refractivity contribution in [2.75, 3.05) is 6.54 Å². The topological polar surface area (TPSA) is 59.0 Å². The predicted octanol–water partition coefficient (Wildman–Crippen LogP) is 1.89. The molecule has 0 N–H and O–H groups in total. The number of rotatable bonds is 1. The highest BCUT2D eigenvalue weighted by atomic mass is 19.3. The van der Waals surface area contributed by atoms with E-state index in [1.165, 1.54) is 23.5 Å². The van der Waals surface area contributed by atoms with Gasteiger partial charge < -0.3 is 4.90 Å². The fourth-order valence-corrected chi connectivity index (χ4v) is 3.36. The first-order valence-electron chi connectivity index (χ1n) is 6.80. The molecule has 5 nitrogen and oxygen atoms in total. The van der Waals surface area contributed by atoms with Gasteiger partial charge in [-0.3, -0.25) is 9.78 Å². The van der Waals surface area contributed by atoms with Crippen molar-refractivity contribution in [3.8, 4) is 0 Å². The Hall–Kier alpha value is -2.18. The van der Waals surface area contributed by atoms with Gasteiger partial charge in [-0.05, 0) is 18.4 Å². The quantitative estimate of drug-likeness (QED) is 0.805. The number of alkyl halides is 2. The summed E-state index contributed by atoms with van der Waals surface area (Å²) in [4.78, 5) is 25.9. The second-order valence-corrected chi connectivity index (χ2v) is 5.66. The van der Waals surface area contributed by atoms with E-state index in [4.69, 9.17) is 0 Å². The number of hydrogen-bond donors (Lipinski definition) is 0. The summed E-state index contributed by atoms with van der Waals surface area (Å²) in [7, 11) is 0. The number of fused-ring (bicyclic) bond motifs is 3. The van der Waals surface area contributed by atoms with E-state index in [2.05, 4.69) is 15.0 Å². The highest BCUT2D eigenvalue weighted by Gasteiger charge is 2.58. The zero-order valence-electron chi connectivity index (χ0n) is 11.0. The average molecular weight is 290 g/mol. The van der Waals surface area contributed by atoms with E-state index in [0.29, 0.717) is 24.1 Å². The lowest BCUT2D eigenvalue weighted by atomic mass is 10.1. The first kappa shape index (κ1) is 12.6. The summed E-state index contributed by atoms with van der Waals surface area (Å²) >= 11 is 0. The smallest absolute Gasteiger partial charge is 0.268 e. The molecule has 2 atom stereocenters. The van der Waals surface area contributed by atoms with Crippen molar-refractivity contribution in [1.82, 2.24) is 19.9 Å². The molecule has 4 rings (SSSR count). The van der Waals surface area contributed by atoms with Crippen molar-refractivity contribution < 1.29 is 13.6 Å². The highest BCUT2D eigenvalue weighted by molar-refractivity contribution is 5.96. The Balaban J connectivity index is 1.68. The summed E-state index contributed by atoms with van der Waals surface area (Å²) in [6.45, 7) is 0.400. The van der Waals surface area contributed by atoms with Gasteiger partial charge in [0.05, 0.1) is 11.6 Å². The fraction of sp³-hybridized carbons (Fsp3) is 0.429. The fourth-order valence-electron chi connectivity index (χ4n) is 3.36. The van der Waals surface area contributed by atoms with Crippen LogP contribution in [0.1, 0.15) is 23.2 Å². The normalized spacial score (nSPS) is 26.5. The maximum atomic E-state index is 13.8. The number of carbonyl (C=O) groups is 1. The minimum Gasteiger partial charge on any atom is -0.329 e. The second kappa shape index (κ2) is 4.16. The Bertz CT molecular complexity index is 736. The SMILES string of the molecule is O=C(c1cnc2nccnc2c1)N1CC2CC1C(F)(F)C2. The van der Waals surface area contributed by atoms with E-state index in [-0.39, 0.29) is 17.9 Å². The second-order valence-electron chi connectivity index (χ2n) is 5.66. The number of aromatic nitrogens is 3. The van der Waals surface area contributed by atoms with Gasteiger partial charge in [0.15, 0.2) is 5.65 Å². The minimum absolute atomic E-state index is 0.0952. The molecule has 1 saturated heterocycles. The molecule has 2 bridgehead atoms. The third-order valence-corrected chi connectivity index (χ3v) is 4.27. The van der Waals surface area contributed by atoms with Crippen LogP contribution >= 0.6 is 0 Å². The van der Waals surface area contributed by atoms with E-state index in [1.807, 2.05) is 0 Å². The van der Waals surface area contributed by atoms with Crippen LogP contribution in [0.3, 0.4) is 0 Å². The van der Waals surface area contributed by atoms with Gasteiger partial charge >= 0.3 is 0 Å². The van der Waals surface area contributed by atoms with E-state index in [1.54, 1.807) is 6.07 Å². The molecule has 0 spiro atoms. The molecule has 2 fully saturated rings. The maximum absolute atomic E-state index is 13.8. The molecule has 21 heavy (non-hydrogen) atoms. The van der Waals surface area contributed by atoms with Gasteiger partial charge in [0.25, 0.3) is 11.8 Å². The van der Waals surface area contributed by atoms with Crippen LogP contribution in [-0.4, -0.2) is 44.3 Å². The highest BCUT2D eigenvalue weighted by Crippen LogP contribution is 2.48. The number of carbonyl (C=O) groups excluding carboxylic acids is 1. The average Bonchev–Trinajstić information content (AvgIpc) is 3.02. The van der Waals surface area contributed by atoms with Gasteiger partial charge in [-0.15, -0.1) is 0 Å². The molecule has 1 aliphatic carbocycles. The molecule has 1 aliphatic heterocycles. The standard InChI is InChI=1S/C14H12F2N4O/c15-14(16)5-8-3-11(14)20(7-8)13(21)9-4-10-12(19-6-9)18-2-1-17-10/h1-2,4,6,8,11H,3,5,7H2. The van der Waals surface area contributed by atoms with Gasteiger partial charge in [-0.1, -0.05) is 0 Å². The molecular weight excluding hydrogens is 278 g/mol. The zero-order chi connectivity index (χ0) is 14.6. The third-order valence-electron chi connectivity index (χ3n) is 4.27. The monoisotopic (exact) mass is 290 g/mol. The molecular formula is C14H12F2N4O. The number of halogens is 2. The van der Waals surface area contributed by atoms with E-state index < -0.39 is 17.9 Å². The molecule has 2 aromatic heterocycles. The molecule has 2 aromatic rings. The Morgan fingerprint density at radius 2 is 2.10 bits per heavy atom. The maximum Gasteiger partial charge on any atom is 0.268 e. The number of piperidine rings is 1. The van der Waals surface area contributed by atoms with E-state index in [0.717, 1.165) is 0 Å². The first-order chi connectivity index (χ1) is 10.0. The number of amides is 1. The number of pyridine rings is 1. The van der Waals surface area contributed by atoms with Crippen molar-refractivity contribution >= 4 is 17.1 Å². The van der Waals surface area contributed by atoms with E-state index >= 15 is 0 Å².